The van der Waals surface area contributed by atoms with Gasteiger partial charge in [-0.25, -0.2) is 0 Å². The summed E-state index contributed by atoms with van der Waals surface area (Å²) in [6, 6.07) is 12.6. The van der Waals surface area contributed by atoms with E-state index in [1.807, 2.05) is 31.2 Å². The minimum absolute atomic E-state index is 0.243. The molecule has 23 heavy (non-hydrogen) atoms. The van der Waals surface area contributed by atoms with Crippen LogP contribution in [0.25, 0.3) is 6.08 Å². The predicted octanol–water partition coefficient (Wildman–Crippen LogP) is 4.40. The highest BCUT2D eigenvalue weighted by atomic mass is 35.5. The molecular formula is C18H18ClNO3. The van der Waals surface area contributed by atoms with Gasteiger partial charge in [-0.1, -0.05) is 23.7 Å². The Balaban J connectivity index is 2.01. The maximum Gasteiger partial charge on any atom is 0.248 e. The van der Waals surface area contributed by atoms with Crippen LogP contribution in [0.15, 0.2) is 48.5 Å². The SMILES string of the molecule is CCOc1ccc(NC(=O)/C=C/c2cccc(OC)c2Cl)cc1. The fourth-order valence-corrected chi connectivity index (χ4v) is 2.23. The summed E-state index contributed by atoms with van der Waals surface area (Å²) < 4.78 is 10.5. The first-order valence-corrected chi connectivity index (χ1v) is 7.56. The van der Waals surface area contributed by atoms with Crippen molar-refractivity contribution in [2.75, 3.05) is 19.0 Å². The molecule has 5 heteroatoms. The second-order valence-electron chi connectivity index (χ2n) is 4.64. The Labute approximate surface area is 140 Å². The summed E-state index contributed by atoms with van der Waals surface area (Å²) in [6.07, 6.45) is 3.08. The first kappa shape index (κ1) is 16.9. The molecule has 2 rings (SSSR count). The Morgan fingerprint density at radius 2 is 1.96 bits per heavy atom. The lowest BCUT2D eigenvalue weighted by Gasteiger charge is -2.06. The highest BCUT2D eigenvalue weighted by Gasteiger charge is 2.04. The molecule has 0 aliphatic heterocycles. The van der Waals surface area contributed by atoms with Crippen molar-refractivity contribution in [1.29, 1.82) is 0 Å². The summed E-state index contributed by atoms with van der Waals surface area (Å²) >= 11 is 6.18. The van der Waals surface area contributed by atoms with Gasteiger partial charge in [-0.05, 0) is 48.9 Å². The van der Waals surface area contributed by atoms with E-state index in [0.29, 0.717) is 28.6 Å². The van der Waals surface area contributed by atoms with Crippen LogP contribution in [-0.2, 0) is 4.79 Å². The van der Waals surface area contributed by atoms with E-state index < -0.39 is 0 Å². The van der Waals surface area contributed by atoms with E-state index >= 15 is 0 Å². The van der Waals surface area contributed by atoms with Crippen molar-refractivity contribution in [1.82, 2.24) is 0 Å². The van der Waals surface area contributed by atoms with Crippen molar-refractivity contribution in [2.45, 2.75) is 6.92 Å². The van der Waals surface area contributed by atoms with Gasteiger partial charge >= 0.3 is 0 Å². The van der Waals surface area contributed by atoms with E-state index in [0.717, 1.165) is 5.75 Å². The molecule has 2 aromatic carbocycles. The third kappa shape index (κ3) is 4.76. The van der Waals surface area contributed by atoms with Gasteiger partial charge in [-0.3, -0.25) is 4.79 Å². The lowest BCUT2D eigenvalue weighted by atomic mass is 10.2. The van der Waals surface area contributed by atoms with Crippen LogP contribution in [0.4, 0.5) is 5.69 Å². The largest absolute Gasteiger partial charge is 0.495 e. The minimum atomic E-state index is -0.243. The average molecular weight is 332 g/mol. The van der Waals surface area contributed by atoms with E-state index in [4.69, 9.17) is 21.1 Å². The smallest absolute Gasteiger partial charge is 0.248 e. The summed E-state index contributed by atoms with van der Waals surface area (Å²) in [5.74, 6) is 1.10. The zero-order valence-corrected chi connectivity index (χ0v) is 13.8. The molecule has 0 unspecified atom stereocenters. The summed E-state index contributed by atoms with van der Waals surface area (Å²) in [4.78, 5) is 12.0. The van der Waals surface area contributed by atoms with Crippen LogP contribution in [0.1, 0.15) is 12.5 Å². The van der Waals surface area contributed by atoms with Gasteiger partial charge in [0.15, 0.2) is 0 Å². The molecule has 0 aliphatic rings. The highest BCUT2D eigenvalue weighted by Crippen LogP contribution is 2.28. The molecule has 0 aliphatic carbocycles. The van der Waals surface area contributed by atoms with Gasteiger partial charge in [0.2, 0.25) is 5.91 Å². The lowest BCUT2D eigenvalue weighted by Crippen LogP contribution is -2.07. The number of nitrogens with one attached hydrogen (secondary N) is 1. The third-order valence-electron chi connectivity index (χ3n) is 3.06. The van der Waals surface area contributed by atoms with E-state index in [2.05, 4.69) is 5.32 Å². The Morgan fingerprint density at radius 3 is 2.61 bits per heavy atom. The number of amides is 1. The molecule has 0 bridgehead atoms. The fourth-order valence-electron chi connectivity index (χ4n) is 1.96. The highest BCUT2D eigenvalue weighted by molar-refractivity contribution is 6.33. The molecule has 0 saturated heterocycles. The number of hydrogen-bond donors (Lipinski definition) is 1. The molecule has 1 N–H and O–H groups in total. The normalized spacial score (nSPS) is 10.6. The number of anilines is 1. The zero-order valence-electron chi connectivity index (χ0n) is 13.0. The van der Waals surface area contributed by atoms with Gasteiger partial charge in [0, 0.05) is 11.8 Å². The van der Waals surface area contributed by atoms with Crippen LogP contribution in [0.3, 0.4) is 0 Å². The number of hydrogen-bond acceptors (Lipinski definition) is 3. The second kappa shape index (κ2) is 8.25. The minimum Gasteiger partial charge on any atom is -0.495 e. The summed E-state index contributed by atoms with van der Waals surface area (Å²) in [7, 11) is 1.55. The number of carbonyl (C=O) groups is 1. The average Bonchev–Trinajstić information content (AvgIpc) is 2.56. The van der Waals surface area contributed by atoms with E-state index in [-0.39, 0.29) is 5.91 Å². The van der Waals surface area contributed by atoms with Crippen molar-refractivity contribution in [3.63, 3.8) is 0 Å². The Hall–Kier alpha value is -2.46. The molecule has 0 heterocycles. The summed E-state index contributed by atoms with van der Waals surface area (Å²) in [6.45, 7) is 2.53. The maximum absolute atomic E-state index is 12.0. The first-order valence-electron chi connectivity index (χ1n) is 7.18. The zero-order chi connectivity index (χ0) is 16.7. The quantitative estimate of drug-likeness (QED) is 0.798. The van der Waals surface area contributed by atoms with Crippen LogP contribution in [0.5, 0.6) is 11.5 Å². The van der Waals surface area contributed by atoms with Crippen molar-refractivity contribution >= 4 is 29.3 Å². The lowest BCUT2D eigenvalue weighted by molar-refractivity contribution is -0.111. The van der Waals surface area contributed by atoms with E-state index in [1.54, 1.807) is 31.4 Å². The predicted molar refractivity (Wildman–Crippen MR) is 93.3 cm³/mol. The molecule has 0 saturated carbocycles. The maximum atomic E-state index is 12.0. The Morgan fingerprint density at radius 1 is 1.22 bits per heavy atom. The number of ether oxygens (including phenoxy) is 2. The molecule has 4 nitrogen and oxygen atoms in total. The number of rotatable bonds is 6. The summed E-state index contributed by atoms with van der Waals surface area (Å²) in [5, 5.41) is 3.25. The van der Waals surface area contributed by atoms with Crippen LogP contribution >= 0.6 is 11.6 Å². The monoisotopic (exact) mass is 331 g/mol. The van der Waals surface area contributed by atoms with E-state index in [9.17, 15) is 4.79 Å². The van der Waals surface area contributed by atoms with Gasteiger partial charge < -0.3 is 14.8 Å². The molecule has 0 fully saturated rings. The van der Waals surface area contributed by atoms with Crippen LogP contribution < -0.4 is 14.8 Å². The van der Waals surface area contributed by atoms with Gasteiger partial charge in [0.25, 0.3) is 0 Å². The molecule has 120 valence electrons. The summed E-state index contributed by atoms with van der Waals surface area (Å²) in [5.41, 5.74) is 1.41. The molecule has 0 atom stereocenters. The van der Waals surface area contributed by atoms with Gasteiger partial charge in [0.05, 0.1) is 18.7 Å². The Bertz CT molecular complexity index is 696. The van der Waals surface area contributed by atoms with Crippen molar-refractivity contribution in [2.24, 2.45) is 0 Å². The standard InChI is InChI=1S/C18H18ClNO3/c1-3-23-15-10-8-14(9-11-15)20-17(21)12-7-13-5-4-6-16(22-2)18(13)19/h4-12H,3H2,1-2H3,(H,20,21)/b12-7+. The molecule has 2 aromatic rings. The topological polar surface area (TPSA) is 47.6 Å². The number of halogens is 1. The van der Waals surface area contributed by atoms with Gasteiger partial charge in [-0.15, -0.1) is 0 Å². The van der Waals surface area contributed by atoms with Crippen molar-refractivity contribution < 1.29 is 14.3 Å². The molecule has 0 radical (unpaired) electrons. The molecular weight excluding hydrogens is 314 g/mol. The van der Waals surface area contributed by atoms with Crippen LogP contribution in [0, 0.1) is 0 Å². The van der Waals surface area contributed by atoms with Crippen molar-refractivity contribution in [3.8, 4) is 11.5 Å². The fraction of sp³-hybridized carbons (Fsp3) is 0.167. The number of carbonyl (C=O) groups excluding carboxylic acids is 1. The first-order chi connectivity index (χ1) is 11.1. The third-order valence-corrected chi connectivity index (χ3v) is 3.46. The van der Waals surface area contributed by atoms with Crippen LogP contribution in [-0.4, -0.2) is 19.6 Å². The number of methoxy groups -OCH3 is 1. The number of benzene rings is 2. The molecule has 1 amide bonds. The molecule has 0 aromatic heterocycles. The second-order valence-corrected chi connectivity index (χ2v) is 5.02. The van der Waals surface area contributed by atoms with Crippen molar-refractivity contribution in [3.05, 3.63) is 59.1 Å². The van der Waals surface area contributed by atoms with E-state index in [1.165, 1.54) is 6.08 Å². The van der Waals surface area contributed by atoms with Gasteiger partial charge in [0.1, 0.15) is 11.5 Å². The van der Waals surface area contributed by atoms with Gasteiger partial charge in [-0.2, -0.15) is 0 Å². The van der Waals surface area contributed by atoms with Crippen LogP contribution in [0.2, 0.25) is 5.02 Å². The Kier molecular flexibility index (Phi) is 6.06. The molecule has 0 spiro atoms.